The Hall–Kier alpha value is -3.45. The number of rotatable bonds is 8. The highest BCUT2D eigenvalue weighted by atomic mass is 19.1. The number of hydrogen-bond acceptors (Lipinski definition) is 10. The highest BCUT2D eigenvalue weighted by molar-refractivity contribution is 5.53. The van der Waals surface area contributed by atoms with E-state index in [0.717, 1.165) is 18.0 Å². The summed E-state index contributed by atoms with van der Waals surface area (Å²) < 4.78 is 38.9. The highest BCUT2D eigenvalue weighted by Crippen LogP contribution is 2.24. The first kappa shape index (κ1) is 23.7. The Labute approximate surface area is 195 Å². The average Bonchev–Trinajstić information content (AvgIpc) is 3.17. The largest absolute Gasteiger partial charge is 0.382 e. The average molecular weight is 476 g/mol. The van der Waals surface area contributed by atoms with Gasteiger partial charge in [0.2, 0.25) is 17.8 Å². The lowest BCUT2D eigenvalue weighted by molar-refractivity contribution is -0.00572. The molecule has 0 unspecified atom stereocenters. The summed E-state index contributed by atoms with van der Waals surface area (Å²) in [7, 11) is 1.47. The van der Waals surface area contributed by atoms with Crippen molar-refractivity contribution in [2.24, 2.45) is 0 Å². The normalized spacial score (nSPS) is 19.2. The zero-order chi connectivity index (χ0) is 24.2. The van der Waals surface area contributed by atoms with Gasteiger partial charge in [0.05, 0.1) is 31.1 Å². The van der Waals surface area contributed by atoms with Gasteiger partial charge in [-0.1, -0.05) is 0 Å². The van der Waals surface area contributed by atoms with Crippen LogP contribution in [0.25, 0.3) is 0 Å². The second-order valence-electron chi connectivity index (χ2n) is 8.18. The van der Waals surface area contributed by atoms with E-state index in [0.29, 0.717) is 24.9 Å². The third kappa shape index (κ3) is 5.72. The number of morpholine rings is 1. The number of pyridine rings is 1. The lowest BCUT2D eigenvalue weighted by Gasteiger charge is -2.35. The van der Waals surface area contributed by atoms with Crippen molar-refractivity contribution in [3.63, 3.8) is 0 Å². The monoisotopic (exact) mass is 475 g/mol. The molecule has 0 aliphatic carbocycles. The molecule has 34 heavy (non-hydrogen) atoms. The van der Waals surface area contributed by atoms with Crippen LogP contribution in [0.2, 0.25) is 0 Å². The summed E-state index contributed by atoms with van der Waals surface area (Å²) in [5, 5.41) is 13.1. The van der Waals surface area contributed by atoms with Crippen LogP contribution >= 0.6 is 0 Å². The maximum Gasteiger partial charge on any atom is 0.235 e. The number of aromatic nitrogens is 6. The van der Waals surface area contributed by atoms with Crippen LogP contribution in [-0.2, 0) is 9.47 Å². The molecule has 1 fully saturated rings. The van der Waals surface area contributed by atoms with Crippen LogP contribution in [0.4, 0.5) is 32.4 Å². The van der Waals surface area contributed by atoms with Gasteiger partial charge >= 0.3 is 0 Å². The summed E-state index contributed by atoms with van der Waals surface area (Å²) >= 11 is 0. The number of methoxy groups -OCH3 is 1. The number of H-pyrrole nitrogens is 1. The SMILES string of the molecule is COC[C@H](Nc1nc(Nc2cc(C)[nH]n2)nc(N2C[C@H](C)O[C@@H](C)C2)n1)c1ncc(F)cc1F. The smallest absolute Gasteiger partial charge is 0.235 e. The Morgan fingerprint density at radius 3 is 2.56 bits per heavy atom. The zero-order valence-corrected chi connectivity index (χ0v) is 19.3. The molecule has 0 spiro atoms. The lowest BCUT2D eigenvalue weighted by atomic mass is 10.2. The van der Waals surface area contributed by atoms with Gasteiger partial charge in [-0.25, -0.2) is 8.78 Å². The van der Waals surface area contributed by atoms with Crippen molar-refractivity contribution in [1.29, 1.82) is 0 Å². The predicted octanol–water partition coefficient (Wildman–Crippen LogP) is 2.73. The molecule has 1 aliphatic rings. The number of aryl methyl sites for hydroxylation is 1. The first-order chi connectivity index (χ1) is 16.3. The van der Waals surface area contributed by atoms with Crippen molar-refractivity contribution >= 4 is 23.7 Å². The van der Waals surface area contributed by atoms with E-state index in [9.17, 15) is 8.78 Å². The van der Waals surface area contributed by atoms with E-state index in [2.05, 4.69) is 40.8 Å². The van der Waals surface area contributed by atoms with E-state index in [4.69, 9.17) is 9.47 Å². The van der Waals surface area contributed by atoms with Gasteiger partial charge in [0, 0.05) is 38.0 Å². The first-order valence-electron chi connectivity index (χ1n) is 10.8. The lowest BCUT2D eigenvalue weighted by Crippen LogP contribution is -2.46. The van der Waals surface area contributed by atoms with Gasteiger partial charge in [0.15, 0.2) is 5.82 Å². The number of aromatic amines is 1. The zero-order valence-electron chi connectivity index (χ0n) is 19.3. The minimum absolute atomic E-state index is 0.0129. The molecule has 13 heteroatoms. The van der Waals surface area contributed by atoms with Crippen molar-refractivity contribution in [3.05, 3.63) is 41.4 Å². The van der Waals surface area contributed by atoms with E-state index >= 15 is 0 Å². The summed E-state index contributed by atoms with van der Waals surface area (Å²) in [5.41, 5.74) is 0.847. The molecule has 4 heterocycles. The third-order valence-electron chi connectivity index (χ3n) is 5.07. The molecule has 0 radical (unpaired) electrons. The van der Waals surface area contributed by atoms with Crippen molar-refractivity contribution in [3.8, 4) is 0 Å². The fourth-order valence-corrected chi connectivity index (χ4v) is 3.76. The van der Waals surface area contributed by atoms with Crippen molar-refractivity contribution < 1.29 is 18.3 Å². The molecule has 4 rings (SSSR count). The predicted molar refractivity (Wildman–Crippen MR) is 121 cm³/mol. The Morgan fingerprint density at radius 1 is 1.18 bits per heavy atom. The first-order valence-corrected chi connectivity index (χ1v) is 10.8. The maximum atomic E-state index is 14.5. The number of halogens is 2. The summed E-state index contributed by atoms with van der Waals surface area (Å²) in [5.74, 6) is -0.211. The van der Waals surface area contributed by atoms with Gasteiger partial charge in [-0.2, -0.15) is 20.1 Å². The molecule has 3 aromatic heterocycles. The van der Waals surface area contributed by atoms with Crippen LogP contribution < -0.4 is 15.5 Å². The minimum atomic E-state index is -0.801. The molecule has 11 nitrogen and oxygen atoms in total. The second kappa shape index (κ2) is 10.2. The van der Waals surface area contributed by atoms with Gasteiger partial charge in [-0.3, -0.25) is 10.1 Å². The number of hydrogen-bond donors (Lipinski definition) is 3. The maximum absolute atomic E-state index is 14.5. The molecule has 0 aromatic carbocycles. The molecule has 3 atom stereocenters. The van der Waals surface area contributed by atoms with E-state index in [1.54, 1.807) is 6.07 Å². The van der Waals surface area contributed by atoms with Crippen LogP contribution in [0.5, 0.6) is 0 Å². The van der Waals surface area contributed by atoms with Crippen LogP contribution in [0.1, 0.15) is 31.3 Å². The molecule has 0 amide bonds. The number of anilines is 4. The fraction of sp³-hybridized carbons (Fsp3) is 0.476. The second-order valence-corrected chi connectivity index (χ2v) is 8.18. The van der Waals surface area contributed by atoms with E-state index in [-0.39, 0.29) is 36.4 Å². The Balaban J connectivity index is 1.68. The van der Waals surface area contributed by atoms with Crippen LogP contribution in [0.3, 0.4) is 0 Å². The topological polar surface area (TPSA) is 126 Å². The molecule has 3 aromatic rings. The Bertz CT molecular complexity index is 1120. The van der Waals surface area contributed by atoms with Gasteiger partial charge in [0.25, 0.3) is 0 Å². The number of ether oxygens (including phenoxy) is 2. The fourth-order valence-electron chi connectivity index (χ4n) is 3.76. The molecule has 3 N–H and O–H groups in total. The molecule has 0 bridgehead atoms. The van der Waals surface area contributed by atoms with E-state index < -0.39 is 17.7 Å². The summed E-state index contributed by atoms with van der Waals surface area (Å²) in [6.45, 7) is 7.05. The van der Waals surface area contributed by atoms with E-state index in [1.807, 2.05) is 25.7 Å². The van der Waals surface area contributed by atoms with Gasteiger partial charge < -0.3 is 25.0 Å². The molecule has 1 saturated heterocycles. The molecule has 0 saturated carbocycles. The molecule has 1 aliphatic heterocycles. The van der Waals surface area contributed by atoms with Gasteiger partial charge in [0.1, 0.15) is 17.3 Å². The minimum Gasteiger partial charge on any atom is -0.382 e. The quantitative estimate of drug-likeness (QED) is 0.448. The van der Waals surface area contributed by atoms with Gasteiger partial charge in [-0.05, 0) is 20.8 Å². The Morgan fingerprint density at radius 2 is 1.91 bits per heavy atom. The Kier molecular flexibility index (Phi) is 7.12. The van der Waals surface area contributed by atoms with Crippen LogP contribution in [0.15, 0.2) is 18.3 Å². The molecule has 182 valence electrons. The standard InChI is InChI=1S/C21H27F2N9O2/c1-11-5-17(31-30-11)26-20-27-19(28-21(29-20)32-8-12(2)34-13(3)9-32)25-16(10-33-4)18-15(23)6-14(22)7-24-18/h5-7,12-13,16H,8-10H2,1-4H3,(H3,25,26,27,28,29,30,31)/t12-,13-,16-/m0/s1. The van der Waals surface area contributed by atoms with E-state index in [1.165, 1.54) is 7.11 Å². The van der Waals surface area contributed by atoms with Crippen molar-refractivity contribution in [2.45, 2.75) is 39.0 Å². The molecular weight excluding hydrogens is 448 g/mol. The summed E-state index contributed by atoms with van der Waals surface area (Å²) in [6.07, 6.45) is 0.924. The third-order valence-corrected chi connectivity index (χ3v) is 5.07. The summed E-state index contributed by atoms with van der Waals surface area (Å²) in [6, 6.07) is 1.81. The van der Waals surface area contributed by atoms with Crippen molar-refractivity contribution in [2.75, 3.05) is 42.3 Å². The van der Waals surface area contributed by atoms with Crippen LogP contribution in [0, 0.1) is 18.6 Å². The number of nitrogens with zero attached hydrogens (tertiary/aromatic N) is 6. The van der Waals surface area contributed by atoms with Crippen molar-refractivity contribution in [1.82, 2.24) is 30.1 Å². The number of nitrogens with one attached hydrogen (secondary N) is 3. The highest BCUT2D eigenvalue weighted by Gasteiger charge is 2.26. The van der Waals surface area contributed by atoms with Crippen LogP contribution in [-0.4, -0.2) is 69.1 Å². The van der Waals surface area contributed by atoms with Gasteiger partial charge in [-0.15, -0.1) is 0 Å². The summed E-state index contributed by atoms with van der Waals surface area (Å²) in [4.78, 5) is 19.4. The molecular formula is C21H27F2N9O2.